The predicted molar refractivity (Wildman–Crippen MR) is 70.3 cm³/mol. The first kappa shape index (κ1) is 13.7. The van der Waals surface area contributed by atoms with E-state index in [1.807, 2.05) is 12.2 Å². The lowest BCUT2D eigenvalue weighted by atomic mass is 9.82. The average Bonchev–Trinajstić information content (AvgIpc) is 3.02. The van der Waals surface area contributed by atoms with Gasteiger partial charge in [-0.15, -0.1) is 0 Å². The van der Waals surface area contributed by atoms with Gasteiger partial charge in [0, 0.05) is 6.07 Å². The Morgan fingerprint density at radius 1 is 1.14 bits per heavy atom. The van der Waals surface area contributed by atoms with Crippen molar-refractivity contribution in [2.45, 2.75) is 6.42 Å². The van der Waals surface area contributed by atoms with Gasteiger partial charge >= 0.3 is 5.97 Å². The lowest BCUT2D eigenvalue weighted by molar-refractivity contribution is -0.146. The minimum atomic E-state index is -1.02. The van der Waals surface area contributed by atoms with Gasteiger partial charge in [0.1, 0.15) is 11.6 Å². The third-order valence-electron chi connectivity index (χ3n) is 4.24. The number of nitrogens with one attached hydrogen (secondary N) is 1. The van der Waals surface area contributed by atoms with Crippen LogP contribution in [0.4, 0.5) is 14.5 Å². The number of allylic oxidation sites excluding steroid dienone is 2. The van der Waals surface area contributed by atoms with Crippen molar-refractivity contribution in [3.63, 3.8) is 0 Å². The van der Waals surface area contributed by atoms with Gasteiger partial charge in [-0.25, -0.2) is 8.78 Å². The van der Waals surface area contributed by atoms with E-state index < -0.39 is 35.3 Å². The number of aliphatic carboxylic acids is 1. The highest BCUT2D eigenvalue weighted by Crippen LogP contribution is 2.48. The number of amides is 1. The van der Waals surface area contributed by atoms with Crippen LogP contribution in [0, 0.1) is 35.3 Å². The van der Waals surface area contributed by atoms with Crippen LogP contribution in [-0.2, 0) is 9.59 Å². The van der Waals surface area contributed by atoms with Crippen LogP contribution in [-0.4, -0.2) is 17.0 Å². The first-order valence-electron chi connectivity index (χ1n) is 6.64. The minimum absolute atomic E-state index is 0.139. The van der Waals surface area contributed by atoms with E-state index in [0.717, 1.165) is 12.1 Å². The Bertz CT molecular complexity index is 644. The van der Waals surface area contributed by atoms with E-state index >= 15 is 0 Å². The molecule has 0 aliphatic heterocycles. The molecule has 110 valence electrons. The van der Waals surface area contributed by atoms with Crippen LogP contribution in [0.2, 0.25) is 0 Å². The number of halogens is 2. The maximum atomic E-state index is 13.6. The molecule has 2 aliphatic carbocycles. The summed E-state index contributed by atoms with van der Waals surface area (Å²) in [4.78, 5) is 23.6. The summed E-state index contributed by atoms with van der Waals surface area (Å²) in [7, 11) is 0. The quantitative estimate of drug-likeness (QED) is 0.841. The first-order valence-corrected chi connectivity index (χ1v) is 6.64. The molecule has 2 aliphatic rings. The molecule has 6 heteroatoms. The highest BCUT2D eigenvalue weighted by atomic mass is 19.1. The number of carbonyl (C=O) groups excluding carboxylic acids is 1. The Morgan fingerprint density at radius 2 is 1.81 bits per heavy atom. The normalized spacial score (nSPS) is 29.6. The van der Waals surface area contributed by atoms with Gasteiger partial charge in [0.2, 0.25) is 5.91 Å². The molecule has 0 unspecified atom stereocenters. The number of carboxylic acid groups (broad SMARTS) is 1. The SMILES string of the molecule is O=C(Nc1ccc(F)cc1F)[C@@H]1[C@H](C(=O)O)[C@H]2C=C[C@H]1C2. The van der Waals surface area contributed by atoms with E-state index in [4.69, 9.17) is 0 Å². The molecule has 2 bridgehead atoms. The van der Waals surface area contributed by atoms with Gasteiger partial charge in [0.05, 0.1) is 17.5 Å². The van der Waals surface area contributed by atoms with E-state index in [9.17, 15) is 23.5 Å². The standard InChI is InChI=1S/C15H13F2NO3/c16-9-3-4-11(10(17)6-9)18-14(19)12-7-1-2-8(5-7)13(12)15(20)21/h1-4,6-8,12-13H,5H2,(H,18,19)(H,20,21)/t7-,8-,12-,13+/m0/s1. The summed E-state index contributed by atoms with van der Waals surface area (Å²) in [5.41, 5.74) is -0.141. The predicted octanol–water partition coefficient (Wildman–Crippen LogP) is 2.43. The number of fused-ring (bicyclic) bond motifs is 2. The molecule has 4 nitrogen and oxygen atoms in total. The molecule has 0 heterocycles. The molecular weight excluding hydrogens is 280 g/mol. The largest absolute Gasteiger partial charge is 0.481 e. The van der Waals surface area contributed by atoms with Crippen molar-refractivity contribution in [2.75, 3.05) is 5.32 Å². The van der Waals surface area contributed by atoms with Crippen molar-refractivity contribution < 1.29 is 23.5 Å². The Labute approximate surface area is 119 Å². The van der Waals surface area contributed by atoms with Gasteiger partial charge < -0.3 is 10.4 Å². The second-order valence-corrected chi connectivity index (χ2v) is 5.45. The van der Waals surface area contributed by atoms with E-state index in [1.54, 1.807) is 0 Å². The number of carboxylic acids is 1. The Morgan fingerprint density at radius 3 is 2.43 bits per heavy atom. The summed E-state index contributed by atoms with van der Waals surface area (Å²) >= 11 is 0. The molecule has 21 heavy (non-hydrogen) atoms. The zero-order valence-corrected chi connectivity index (χ0v) is 10.9. The molecular formula is C15H13F2NO3. The monoisotopic (exact) mass is 293 g/mol. The van der Waals surface area contributed by atoms with E-state index in [-0.39, 0.29) is 17.5 Å². The number of carbonyl (C=O) groups is 2. The van der Waals surface area contributed by atoms with Crippen LogP contribution in [0.15, 0.2) is 30.4 Å². The molecule has 0 aromatic heterocycles. The molecule has 1 aromatic rings. The number of hydrogen-bond donors (Lipinski definition) is 2. The average molecular weight is 293 g/mol. The summed E-state index contributed by atoms with van der Waals surface area (Å²) in [6.45, 7) is 0. The fourth-order valence-electron chi connectivity index (χ4n) is 3.32. The Hall–Kier alpha value is -2.24. The van der Waals surface area contributed by atoms with Gasteiger partial charge in [-0.1, -0.05) is 12.2 Å². The fourth-order valence-corrected chi connectivity index (χ4v) is 3.32. The number of benzene rings is 1. The van der Waals surface area contributed by atoms with Crippen LogP contribution in [0.3, 0.4) is 0 Å². The number of rotatable bonds is 3. The van der Waals surface area contributed by atoms with Crippen LogP contribution in [0.5, 0.6) is 0 Å². The van der Waals surface area contributed by atoms with Gasteiger partial charge in [0.25, 0.3) is 0 Å². The lowest BCUT2D eigenvalue weighted by Gasteiger charge is -2.23. The van der Waals surface area contributed by atoms with Crippen molar-refractivity contribution in [1.82, 2.24) is 0 Å². The first-order chi connectivity index (χ1) is 9.97. The number of hydrogen-bond acceptors (Lipinski definition) is 2. The third kappa shape index (κ3) is 2.30. The van der Waals surface area contributed by atoms with E-state index in [2.05, 4.69) is 5.32 Å². The van der Waals surface area contributed by atoms with Crippen LogP contribution >= 0.6 is 0 Å². The molecule has 1 fully saturated rings. The van der Waals surface area contributed by atoms with E-state index in [0.29, 0.717) is 12.5 Å². The summed E-state index contributed by atoms with van der Waals surface area (Å²) in [6.07, 6.45) is 4.29. The second-order valence-electron chi connectivity index (χ2n) is 5.45. The zero-order valence-electron chi connectivity index (χ0n) is 10.9. The molecule has 0 saturated heterocycles. The summed E-state index contributed by atoms with van der Waals surface area (Å²) in [5.74, 6) is -4.98. The minimum Gasteiger partial charge on any atom is -0.481 e. The topological polar surface area (TPSA) is 66.4 Å². The van der Waals surface area contributed by atoms with Gasteiger partial charge in [-0.05, 0) is 30.4 Å². The van der Waals surface area contributed by atoms with Gasteiger partial charge in [0.15, 0.2) is 0 Å². The van der Waals surface area contributed by atoms with Gasteiger partial charge in [-0.2, -0.15) is 0 Å². The molecule has 3 rings (SSSR count). The molecule has 1 saturated carbocycles. The Balaban J connectivity index is 1.82. The highest BCUT2D eigenvalue weighted by Gasteiger charge is 2.51. The van der Waals surface area contributed by atoms with Crippen molar-refractivity contribution in [3.8, 4) is 0 Å². The maximum absolute atomic E-state index is 13.6. The van der Waals surface area contributed by atoms with E-state index in [1.165, 1.54) is 0 Å². The zero-order chi connectivity index (χ0) is 15.1. The lowest BCUT2D eigenvalue weighted by Crippen LogP contribution is -2.36. The summed E-state index contributed by atoms with van der Waals surface area (Å²) in [5, 5.41) is 11.6. The fraction of sp³-hybridized carbons (Fsp3) is 0.333. The summed E-state index contributed by atoms with van der Waals surface area (Å²) in [6, 6.07) is 2.83. The summed E-state index contributed by atoms with van der Waals surface area (Å²) < 4.78 is 26.4. The molecule has 2 N–H and O–H groups in total. The second kappa shape index (κ2) is 4.95. The van der Waals surface area contributed by atoms with Crippen molar-refractivity contribution in [3.05, 3.63) is 42.0 Å². The molecule has 1 amide bonds. The van der Waals surface area contributed by atoms with Crippen molar-refractivity contribution >= 4 is 17.6 Å². The number of anilines is 1. The molecule has 4 atom stereocenters. The molecule has 0 radical (unpaired) electrons. The van der Waals surface area contributed by atoms with Crippen LogP contribution in [0.1, 0.15) is 6.42 Å². The molecule has 1 aromatic carbocycles. The van der Waals surface area contributed by atoms with Crippen molar-refractivity contribution in [1.29, 1.82) is 0 Å². The third-order valence-corrected chi connectivity index (χ3v) is 4.24. The maximum Gasteiger partial charge on any atom is 0.307 e. The van der Waals surface area contributed by atoms with Crippen molar-refractivity contribution in [2.24, 2.45) is 23.7 Å². The van der Waals surface area contributed by atoms with Crippen LogP contribution < -0.4 is 5.32 Å². The van der Waals surface area contributed by atoms with Gasteiger partial charge in [-0.3, -0.25) is 9.59 Å². The highest BCUT2D eigenvalue weighted by molar-refractivity contribution is 5.96. The smallest absolute Gasteiger partial charge is 0.307 e. The Kier molecular flexibility index (Phi) is 3.23. The van der Waals surface area contributed by atoms with Crippen LogP contribution in [0.25, 0.3) is 0 Å². The molecule has 0 spiro atoms.